The highest BCUT2D eigenvalue weighted by atomic mass is 32.2. The number of carbonyl (C=O) groups excluding carboxylic acids is 1. The van der Waals surface area contributed by atoms with Crippen molar-refractivity contribution in [2.45, 2.75) is 44.7 Å². The second-order valence-electron chi connectivity index (χ2n) is 7.76. The van der Waals surface area contributed by atoms with E-state index in [4.69, 9.17) is 9.15 Å². The van der Waals surface area contributed by atoms with Crippen LogP contribution < -0.4 is 14.9 Å². The van der Waals surface area contributed by atoms with Crippen LogP contribution in [-0.2, 0) is 9.53 Å². The number of aryl methyl sites for hydroxylation is 1. The number of hydrogen-bond donors (Lipinski definition) is 0. The number of thiazole rings is 1. The van der Waals surface area contributed by atoms with Crippen molar-refractivity contribution in [2.75, 3.05) is 6.26 Å². The van der Waals surface area contributed by atoms with Gasteiger partial charge in [0.25, 0.3) is 5.56 Å². The van der Waals surface area contributed by atoms with Crippen LogP contribution in [0.5, 0.6) is 0 Å². The molecule has 0 unspecified atom stereocenters. The van der Waals surface area contributed by atoms with Crippen molar-refractivity contribution >= 4 is 35.1 Å². The summed E-state index contributed by atoms with van der Waals surface area (Å²) in [4.78, 5) is 32.8. The minimum Gasteiger partial charge on any atom is -0.462 e. The molecular weight excluding hydrogens is 444 g/mol. The number of rotatable bonds is 5. The first-order valence-electron chi connectivity index (χ1n) is 10.2. The number of carbonyl (C=O) groups is 1. The average molecular weight is 469 g/mol. The number of esters is 1. The second kappa shape index (κ2) is 8.96. The molecule has 0 saturated heterocycles. The maximum atomic E-state index is 13.5. The highest BCUT2D eigenvalue weighted by Crippen LogP contribution is 2.32. The van der Waals surface area contributed by atoms with Crippen molar-refractivity contribution < 1.29 is 13.9 Å². The largest absolute Gasteiger partial charge is 0.462 e. The van der Waals surface area contributed by atoms with Crippen molar-refractivity contribution in [1.82, 2.24) is 4.57 Å². The predicted octanol–water partition coefficient (Wildman–Crippen LogP) is 3.81. The molecule has 3 heterocycles. The summed E-state index contributed by atoms with van der Waals surface area (Å²) in [6.45, 7) is 7.24. The molecule has 2 aromatic heterocycles. The van der Waals surface area contributed by atoms with Gasteiger partial charge in [0, 0.05) is 11.0 Å². The fraction of sp³-hybridized carbons (Fsp3) is 0.292. The minimum absolute atomic E-state index is 0.218. The van der Waals surface area contributed by atoms with Crippen LogP contribution >= 0.6 is 23.1 Å². The molecule has 3 aromatic rings. The molecule has 0 saturated carbocycles. The molecule has 0 fully saturated rings. The van der Waals surface area contributed by atoms with Gasteiger partial charge in [0.2, 0.25) is 0 Å². The molecule has 0 radical (unpaired) electrons. The first kappa shape index (κ1) is 22.4. The topological polar surface area (TPSA) is 73.8 Å². The summed E-state index contributed by atoms with van der Waals surface area (Å²) in [5.41, 5.74) is 1.54. The Hall–Kier alpha value is -2.84. The Balaban J connectivity index is 1.93. The summed E-state index contributed by atoms with van der Waals surface area (Å²) in [5, 5.41) is 0. The molecule has 1 aliphatic rings. The molecule has 0 amide bonds. The Kier molecular flexibility index (Phi) is 6.26. The number of thioether (sulfide) groups is 1. The first-order chi connectivity index (χ1) is 15.3. The van der Waals surface area contributed by atoms with Gasteiger partial charge < -0.3 is 9.15 Å². The molecule has 32 heavy (non-hydrogen) atoms. The Morgan fingerprint density at radius 2 is 1.94 bits per heavy atom. The molecule has 1 aliphatic heterocycles. The summed E-state index contributed by atoms with van der Waals surface area (Å²) in [7, 11) is 0. The Morgan fingerprint density at radius 1 is 1.22 bits per heavy atom. The van der Waals surface area contributed by atoms with Gasteiger partial charge in [-0.25, -0.2) is 9.79 Å². The van der Waals surface area contributed by atoms with E-state index in [1.807, 2.05) is 49.6 Å². The van der Waals surface area contributed by atoms with Gasteiger partial charge in [0.1, 0.15) is 11.5 Å². The third-order valence-electron chi connectivity index (χ3n) is 5.05. The highest BCUT2D eigenvalue weighted by Gasteiger charge is 2.33. The van der Waals surface area contributed by atoms with Crippen LogP contribution in [0.4, 0.5) is 0 Å². The van der Waals surface area contributed by atoms with Gasteiger partial charge in [0.05, 0.1) is 27.9 Å². The number of nitrogens with zero attached hydrogens (tertiary/aromatic N) is 2. The van der Waals surface area contributed by atoms with Crippen LogP contribution in [0.25, 0.3) is 6.08 Å². The lowest BCUT2D eigenvalue weighted by Gasteiger charge is -2.25. The lowest BCUT2D eigenvalue weighted by Crippen LogP contribution is -2.40. The molecule has 166 valence electrons. The fourth-order valence-corrected chi connectivity index (χ4v) is 5.06. The smallest absolute Gasteiger partial charge is 0.338 e. The summed E-state index contributed by atoms with van der Waals surface area (Å²) in [5.74, 6) is 0.908. The summed E-state index contributed by atoms with van der Waals surface area (Å²) in [6.07, 6.45) is 3.44. The molecule has 0 spiro atoms. The standard InChI is InChI=1S/C24H24N2O4S2/c1-13(2)29-23(28)20-15(4)25-24-26(21(20)16-7-10-18(31-5)11-8-16)22(27)19(32-24)12-17-9-6-14(3)30-17/h6-13,21H,1-5H3/b19-12-/t21-/m0/s1. The lowest BCUT2D eigenvalue weighted by atomic mass is 9.96. The van der Waals surface area contributed by atoms with Crippen LogP contribution in [0.15, 0.2) is 66.8 Å². The fourth-order valence-electron chi connectivity index (χ4n) is 3.62. The van der Waals surface area contributed by atoms with E-state index in [1.165, 1.54) is 11.3 Å². The number of furan rings is 1. The molecule has 0 aliphatic carbocycles. The zero-order chi connectivity index (χ0) is 23.0. The van der Waals surface area contributed by atoms with Crippen molar-refractivity contribution in [1.29, 1.82) is 0 Å². The number of aromatic nitrogens is 1. The highest BCUT2D eigenvalue weighted by molar-refractivity contribution is 7.98. The van der Waals surface area contributed by atoms with Crippen LogP contribution in [-0.4, -0.2) is 22.9 Å². The lowest BCUT2D eigenvalue weighted by molar-refractivity contribution is -0.143. The summed E-state index contributed by atoms with van der Waals surface area (Å²) >= 11 is 2.91. The zero-order valence-corrected chi connectivity index (χ0v) is 20.2. The molecular formula is C24H24N2O4S2. The molecule has 0 bridgehead atoms. The maximum Gasteiger partial charge on any atom is 0.338 e. The molecule has 6 nitrogen and oxygen atoms in total. The Morgan fingerprint density at radius 3 is 2.53 bits per heavy atom. The van der Waals surface area contributed by atoms with Crippen molar-refractivity contribution in [3.05, 3.63) is 84.4 Å². The zero-order valence-electron chi connectivity index (χ0n) is 18.5. The summed E-state index contributed by atoms with van der Waals surface area (Å²) in [6, 6.07) is 10.9. The number of hydrogen-bond acceptors (Lipinski definition) is 7. The molecule has 4 rings (SSSR count). The monoisotopic (exact) mass is 468 g/mol. The van der Waals surface area contributed by atoms with E-state index in [-0.39, 0.29) is 11.7 Å². The molecule has 0 N–H and O–H groups in total. The van der Waals surface area contributed by atoms with Crippen LogP contribution in [0.2, 0.25) is 0 Å². The maximum absolute atomic E-state index is 13.5. The van der Waals surface area contributed by atoms with E-state index in [2.05, 4.69) is 4.99 Å². The van der Waals surface area contributed by atoms with E-state index < -0.39 is 12.0 Å². The van der Waals surface area contributed by atoms with E-state index >= 15 is 0 Å². The first-order valence-corrected chi connectivity index (χ1v) is 12.3. The van der Waals surface area contributed by atoms with E-state index in [1.54, 1.807) is 43.2 Å². The third kappa shape index (κ3) is 4.25. The second-order valence-corrected chi connectivity index (χ2v) is 9.65. The van der Waals surface area contributed by atoms with Gasteiger partial charge in [0.15, 0.2) is 4.80 Å². The van der Waals surface area contributed by atoms with E-state index in [0.717, 1.165) is 16.2 Å². The Labute approximate surface area is 193 Å². The van der Waals surface area contributed by atoms with Crippen LogP contribution in [0, 0.1) is 6.92 Å². The van der Waals surface area contributed by atoms with Crippen molar-refractivity contribution in [3.63, 3.8) is 0 Å². The SMILES string of the molecule is CSc1ccc([C@H]2C(C(=O)OC(C)C)=C(C)N=c3s/c(=C\c4ccc(C)o4)c(=O)n32)cc1. The van der Waals surface area contributed by atoms with Gasteiger partial charge in [-0.1, -0.05) is 23.5 Å². The molecule has 1 aromatic carbocycles. The number of allylic oxidation sites excluding steroid dienone is 1. The average Bonchev–Trinajstić information content (AvgIpc) is 3.29. The third-order valence-corrected chi connectivity index (χ3v) is 6.78. The normalized spacial score (nSPS) is 16.3. The van der Waals surface area contributed by atoms with Gasteiger partial charge in [-0.05, 0) is 63.8 Å². The number of fused-ring (bicyclic) bond motifs is 1. The van der Waals surface area contributed by atoms with Crippen molar-refractivity contribution in [3.8, 4) is 0 Å². The predicted molar refractivity (Wildman–Crippen MR) is 127 cm³/mol. The van der Waals surface area contributed by atoms with Gasteiger partial charge in [-0.15, -0.1) is 11.8 Å². The van der Waals surface area contributed by atoms with Crippen LogP contribution in [0.1, 0.15) is 43.9 Å². The van der Waals surface area contributed by atoms with Gasteiger partial charge in [-0.3, -0.25) is 9.36 Å². The summed E-state index contributed by atoms with van der Waals surface area (Å²) < 4.78 is 13.2. The number of ether oxygens (including phenoxy) is 1. The van der Waals surface area contributed by atoms with Gasteiger partial charge in [-0.2, -0.15) is 0 Å². The number of benzene rings is 1. The quantitative estimate of drug-likeness (QED) is 0.421. The molecule has 8 heteroatoms. The minimum atomic E-state index is -0.617. The van der Waals surface area contributed by atoms with Crippen molar-refractivity contribution in [2.24, 2.45) is 4.99 Å². The molecule has 1 atom stereocenters. The van der Waals surface area contributed by atoms with E-state index in [0.29, 0.717) is 26.4 Å². The van der Waals surface area contributed by atoms with Crippen LogP contribution in [0.3, 0.4) is 0 Å². The van der Waals surface area contributed by atoms with Gasteiger partial charge >= 0.3 is 5.97 Å². The Bertz CT molecular complexity index is 1370. The van der Waals surface area contributed by atoms with E-state index in [9.17, 15) is 9.59 Å².